The van der Waals surface area contributed by atoms with Crippen LogP contribution < -0.4 is 15.4 Å². The molecule has 2 aliphatic rings. The summed E-state index contributed by atoms with van der Waals surface area (Å²) in [6.07, 6.45) is 6.10. The minimum Gasteiger partial charge on any atom is -0.507 e. The summed E-state index contributed by atoms with van der Waals surface area (Å²) in [5.41, 5.74) is 3.42. The molecule has 2 aliphatic carbocycles. The number of carbonyl (C=O) groups is 2. The van der Waals surface area contributed by atoms with Crippen molar-refractivity contribution in [2.75, 3.05) is 12.4 Å². The Bertz CT molecular complexity index is 1220. The van der Waals surface area contributed by atoms with Crippen molar-refractivity contribution in [2.24, 2.45) is 5.92 Å². The quantitative estimate of drug-likeness (QED) is 0.445. The van der Waals surface area contributed by atoms with Gasteiger partial charge in [0.1, 0.15) is 11.5 Å². The minimum atomic E-state index is -0.304. The normalized spacial score (nSPS) is 15.7. The van der Waals surface area contributed by atoms with Crippen LogP contribution in [0.3, 0.4) is 0 Å². The van der Waals surface area contributed by atoms with E-state index in [1.165, 1.54) is 10.7 Å². The molecule has 35 heavy (non-hydrogen) atoms. The molecule has 3 N–H and O–H groups in total. The van der Waals surface area contributed by atoms with Crippen molar-refractivity contribution in [3.8, 4) is 22.8 Å². The number of amides is 2. The zero-order valence-corrected chi connectivity index (χ0v) is 19.8. The highest BCUT2D eigenvalue weighted by atomic mass is 16.5. The van der Waals surface area contributed by atoms with Gasteiger partial charge in [0, 0.05) is 35.7 Å². The molecule has 5 rings (SSSR count). The van der Waals surface area contributed by atoms with Crippen LogP contribution in [0.25, 0.3) is 11.3 Å². The number of benzene rings is 2. The number of phenolic OH excluding ortho intramolecular Hbond substituents is 1. The summed E-state index contributed by atoms with van der Waals surface area (Å²) in [6, 6.07) is 14.2. The molecular weight excluding hydrogens is 444 g/mol. The van der Waals surface area contributed by atoms with E-state index in [4.69, 9.17) is 4.74 Å². The van der Waals surface area contributed by atoms with E-state index in [2.05, 4.69) is 15.7 Å². The maximum absolute atomic E-state index is 13.1. The van der Waals surface area contributed by atoms with E-state index in [0.717, 1.165) is 55.5 Å². The third kappa shape index (κ3) is 5.16. The number of carbonyl (C=O) groups excluding carboxylic acids is 2. The van der Waals surface area contributed by atoms with Gasteiger partial charge < -0.3 is 20.5 Å². The molecule has 182 valence electrons. The molecule has 0 saturated heterocycles. The van der Waals surface area contributed by atoms with Gasteiger partial charge in [-0.25, -0.2) is 4.79 Å². The van der Waals surface area contributed by atoms with Gasteiger partial charge >= 0.3 is 6.03 Å². The minimum absolute atomic E-state index is 0.0138. The van der Waals surface area contributed by atoms with E-state index in [-0.39, 0.29) is 29.5 Å². The summed E-state index contributed by atoms with van der Waals surface area (Å²) in [5, 5.41) is 21.1. The lowest BCUT2D eigenvalue weighted by Gasteiger charge is -2.12. The molecule has 0 spiro atoms. The van der Waals surface area contributed by atoms with E-state index in [9.17, 15) is 14.7 Å². The maximum Gasteiger partial charge on any atom is 0.342 e. The van der Waals surface area contributed by atoms with E-state index < -0.39 is 0 Å². The summed E-state index contributed by atoms with van der Waals surface area (Å²) in [5.74, 6) is 1.09. The Morgan fingerprint density at radius 2 is 1.80 bits per heavy atom. The summed E-state index contributed by atoms with van der Waals surface area (Å²) >= 11 is 0. The Kier molecular flexibility index (Phi) is 6.44. The number of rotatable bonds is 7. The summed E-state index contributed by atoms with van der Waals surface area (Å²) < 4.78 is 6.63. The van der Waals surface area contributed by atoms with Crippen molar-refractivity contribution in [2.45, 2.75) is 51.0 Å². The lowest BCUT2D eigenvalue weighted by molar-refractivity contribution is -0.117. The average Bonchev–Trinajstić information content (AvgIpc) is 3.40. The van der Waals surface area contributed by atoms with Crippen molar-refractivity contribution in [3.63, 3.8) is 0 Å². The van der Waals surface area contributed by atoms with Crippen molar-refractivity contribution in [1.29, 1.82) is 0 Å². The second kappa shape index (κ2) is 9.82. The molecule has 3 aromatic rings. The highest BCUT2D eigenvalue weighted by Crippen LogP contribution is 2.38. The summed E-state index contributed by atoms with van der Waals surface area (Å²) in [4.78, 5) is 25.2. The molecule has 0 radical (unpaired) electrons. The Balaban J connectivity index is 1.37. The topological polar surface area (TPSA) is 105 Å². The lowest BCUT2D eigenvalue weighted by atomic mass is 10.0. The van der Waals surface area contributed by atoms with E-state index in [1.54, 1.807) is 19.2 Å². The molecule has 0 atom stereocenters. The number of methoxy groups -OCH3 is 1. The molecule has 0 aliphatic heterocycles. The fourth-order valence-corrected chi connectivity index (χ4v) is 4.61. The van der Waals surface area contributed by atoms with Crippen LogP contribution >= 0.6 is 0 Å². The zero-order valence-electron chi connectivity index (χ0n) is 19.8. The first-order valence-electron chi connectivity index (χ1n) is 12.2. The highest BCUT2D eigenvalue weighted by molar-refractivity contribution is 5.94. The van der Waals surface area contributed by atoms with Gasteiger partial charge in [0.2, 0.25) is 5.91 Å². The first-order chi connectivity index (χ1) is 17.0. The van der Waals surface area contributed by atoms with Crippen LogP contribution in [0.1, 0.15) is 55.7 Å². The number of hydrogen-bond donors (Lipinski definition) is 3. The molecule has 8 heteroatoms. The van der Waals surface area contributed by atoms with Crippen molar-refractivity contribution in [3.05, 3.63) is 59.8 Å². The number of aromatic hydroxyl groups is 1. The monoisotopic (exact) mass is 474 g/mol. The van der Waals surface area contributed by atoms with Gasteiger partial charge in [0.25, 0.3) is 0 Å². The third-order valence-corrected chi connectivity index (χ3v) is 6.79. The molecule has 2 amide bonds. The fourth-order valence-electron chi connectivity index (χ4n) is 4.61. The van der Waals surface area contributed by atoms with Gasteiger partial charge in [-0.15, -0.1) is 0 Å². The predicted octanol–water partition coefficient (Wildman–Crippen LogP) is 5.03. The SMILES string of the molecule is COc1ccc(CNC(=O)n2nc(-c3ccc(NC(=O)C4CC4)cc3O)cc2C2CCCC2)cc1. The smallest absolute Gasteiger partial charge is 0.342 e. The molecule has 0 bridgehead atoms. The van der Waals surface area contributed by atoms with E-state index in [0.29, 0.717) is 23.5 Å². The van der Waals surface area contributed by atoms with Gasteiger partial charge in [-0.05, 0) is 61.6 Å². The van der Waals surface area contributed by atoms with Crippen LogP contribution in [0.2, 0.25) is 0 Å². The zero-order chi connectivity index (χ0) is 24.4. The number of aromatic nitrogens is 2. The van der Waals surface area contributed by atoms with E-state index in [1.807, 2.05) is 30.3 Å². The molecule has 2 fully saturated rings. The number of nitrogens with one attached hydrogen (secondary N) is 2. The Morgan fingerprint density at radius 1 is 1.06 bits per heavy atom. The van der Waals surface area contributed by atoms with E-state index >= 15 is 0 Å². The highest BCUT2D eigenvalue weighted by Gasteiger charge is 2.30. The van der Waals surface area contributed by atoms with Gasteiger partial charge in [-0.1, -0.05) is 25.0 Å². The van der Waals surface area contributed by atoms with Crippen molar-refractivity contribution in [1.82, 2.24) is 15.1 Å². The van der Waals surface area contributed by atoms with Crippen LogP contribution in [-0.2, 0) is 11.3 Å². The van der Waals surface area contributed by atoms with Crippen molar-refractivity contribution >= 4 is 17.6 Å². The fraction of sp³-hybridized carbons (Fsp3) is 0.370. The van der Waals surface area contributed by atoms with Gasteiger partial charge in [0.15, 0.2) is 0 Å². The number of nitrogens with zero attached hydrogens (tertiary/aromatic N) is 2. The molecule has 0 unspecified atom stereocenters. The van der Waals surface area contributed by atoms with Crippen LogP contribution in [0, 0.1) is 5.92 Å². The van der Waals surface area contributed by atoms with Gasteiger partial charge in [0.05, 0.1) is 18.5 Å². The Hall–Kier alpha value is -3.81. The lowest BCUT2D eigenvalue weighted by Crippen LogP contribution is -2.30. The van der Waals surface area contributed by atoms with Crippen LogP contribution in [0.15, 0.2) is 48.5 Å². The standard InChI is InChI=1S/C27H30N4O4/c1-35-21-11-6-17(7-12-21)16-28-27(34)31-24(18-4-2-3-5-18)15-23(30-31)22-13-10-20(14-25(22)32)29-26(33)19-8-9-19/h6-7,10-15,18-19,32H,2-5,8-9,16H2,1H3,(H,28,34)(H,29,33). The molecular formula is C27H30N4O4. The third-order valence-electron chi connectivity index (χ3n) is 6.79. The van der Waals surface area contributed by atoms with Crippen LogP contribution in [0.5, 0.6) is 11.5 Å². The molecule has 1 aromatic heterocycles. The number of phenols is 1. The van der Waals surface area contributed by atoms with Gasteiger partial charge in [-0.2, -0.15) is 9.78 Å². The maximum atomic E-state index is 13.1. The van der Waals surface area contributed by atoms with Crippen molar-refractivity contribution < 1.29 is 19.4 Å². The molecule has 2 saturated carbocycles. The first-order valence-corrected chi connectivity index (χ1v) is 12.2. The average molecular weight is 475 g/mol. The number of anilines is 1. The summed E-state index contributed by atoms with van der Waals surface area (Å²) in [6.45, 7) is 0.364. The molecule has 2 aromatic carbocycles. The van der Waals surface area contributed by atoms with Gasteiger partial charge in [-0.3, -0.25) is 4.79 Å². The predicted molar refractivity (Wildman–Crippen MR) is 133 cm³/mol. The summed E-state index contributed by atoms with van der Waals surface area (Å²) in [7, 11) is 1.62. The number of hydrogen-bond acceptors (Lipinski definition) is 5. The molecule has 8 nitrogen and oxygen atoms in total. The Morgan fingerprint density at radius 3 is 2.46 bits per heavy atom. The molecule has 1 heterocycles. The van der Waals surface area contributed by atoms with Crippen LogP contribution in [0.4, 0.5) is 10.5 Å². The van der Waals surface area contributed by atoms with Crippen LogP contribution in [-0.4, -0.2) is 33.9 Å². The number of ether oxygens (including phenoxy) is 1. The second-order valence-corrected chi connectivity index (χ2v) is 9.35. The second-order valence-electron chi connectivity index (χ2n) is 9.35. The Labute approximate surface area is 204 Å². The largest absolute Gasteiger partial charge is 0.507 e. The first kappa shape index (κ1) is 23.0.